The molecule has 1 aromatic heterocycles. The third-order valence-electron chi connectivity index (χ3n) is 12.5. The van der Waals surface area contributed by atoms with Gasteiger partial charge in [-0.15, -0.1) is 0 Å². The number of benzene rings is 9. The van der Waals surface area contributed by atoms with Gasteiger partial charge in [0.05, 0.1) is 11.4 Å². The van der Waals surface area contributed by atoms with Crippen LogP contribution in [0.3, 0.4) is 0 Å². The van der Waals surface area contributed by atoms with Gasteiger partial charge in [-0.3, -0.25) is 0 Å². The molecule has 0 amide bonds. The minimum Gasteiger partial charge on any atom is -0.456 e. The zero-order valence-electron chi connectivity index (χ0n) is 32.4. The van der Waals surface area contributed by atoms with Gasteiger partial charge in [0, 0.05) is 27.6 Å². The van der Waals surface area contributed by atoms with E-state index >= 15 is 0 Å². The molecule has 58 heavy (non-hydrogen) atoms. The number of para-hydroxylation sites is 3. The monoisotopic (exact) mass is 745 g/mol. The molecule has 1 aliphatic rings. The highest BCUT2D eigenvalue weighted by Gasteiger charge is 2.24. The number of rotatable bonds is 7. The summed E-state index contributed by atoms with van der Waals surface area (Å²) in [5.41, 5.74) is 14.0. The first-order valence-electron chi connectivity index (χ1n) is 20.8. The summed E-state index contributed by atoms with van der Waals surface area (Å²) in [6.45, 7) is 0. The molecule has 0 saturated heterocycles. The summed E-state index contributed by atoms with van der Waals surface area (Å²) in [4.78, 5) is 2.49. The number of nitrogens with zero attached hydrogens (tertiary/aromatic N) is 1. The van der Waals surface area contributed by atoms with E-state index in [0.29, 0.717) is 5.92 Å². The number of furan rings is 1. The van der Waals surface area contributed by atoms with E-state index in [1.54, 1.807) is 0 Å². The molecule has 0 radical (unpaired) electrons. The van der Waals surface area contributed by atoms with Gasteiger partial charge in [0.2, 0.25) is 0 Å². The Bertz CT molecular complexity index is 3100. The quantitative estimate of drug-likeness (QED) is 0.162. The van der Waals surface area contributed by atoms with Crippen LogP contribution in [0.5, 0.6) is 0 Å². The van der Waals surface area contributed by atoms with Gasteiger partial charge in [-0.2, -0.15) is 0 Å². The van der Waals surface area contributed by atoms with Crippen LogP contribution in [-0.2, 0) is 0 Å². The summed E-state index contributed by atoms with van der Waals surface area (Å²) in [5.74, 6) is 0.584. The van der Waals surface area contributed by atoms with Crippen LogP contribution in [0, 0.1) is 0 Å². The minimum absolute atomic E-state index is 0.584. The molecule has 0 unspecified atom stereocenters. The summed E-state index contributed by atoms with van der Waals surface area (Å²) < 4.78 is 6.18. The van der Waals surface area contributed by atoms with Crippen molar-refractivity contribution in [2.45, 2.75) is 38.0 Å². The van der Waals surface area contributed by atoms with Crippen molar-refractivity contribution in [2.24, 2.45) is 0 Å². The molecule has 1 fully saturated rings. The molecule has 0 bridgehead atoms. The first-order chi connectivity index (χ1) is 28.8. The Morgan fingerprint density at radius 3 is 1.76 bits per heavy atom. The summed E-state index contributed by atoms with van der Waals surface area (Å²) in [6, 6.07) is 71.2. The molecule has 0 N–H and O–H groups in total. The third-order valence-corrected chi connectivity index (χ3v) is 12.5. The third kappa shape index (κ3) is 5.96. The Morgan fingerprint density at radius 2 is 0.966 bits per heavy atom. The molecule has 2 nitrogen and oxygen atoms in total. The van der Waals surface area contributed by atoms with E-state index in [2.05, 4.69) is 187 Å². The molecule has 10 aromatic rings. The molecule has 0 spiro atoms. The van der Waals surface area contributed by atoms with Gasteiger partial charge in [0.15, 0.2) is 0 Å². The van der Waals surface area contributed by atoms with Crippen molar-refractivity contribution < 1.29 is 4.42 Å². The van der Waals surface area contributed by atoms with Crippen molar-refractivity contribution in [1.82, 2.24) is 0 Å². The Balaban J connectivity index is 1.11. The van der Waals surface area contributed by atoms with Gasteiger partial charge in [-0.25, -0.2) is 0 Å². The summed E-state index contributed by atoms with van der Waals surface area (Å²) in [5, 5.41) is 7.46. The molecule has 9 aromatic carbocycles. The standard InChI is InChI=1S/C56H43NO/c1-2-15-40(16-3-1)45-25-13-19-41-20-14-27-50(56(41)45)48-23-7-10-29-53(48)57(52-28-9-6-22-47(52)46-26-12-18-39-17-4-5-21-44(39)46)43-34-31-38(32-35-43)42-33-36-55-51(37-42)49-24-8-11-30-54(49)58-55/h4-14,17-37,40H,1-3,15-16H2. The van der Waals surface area contributed by atoms with Crippen LogP contribution in [0.15, 0.2) is 199 Å². The highest BCUT2D eigenvalue weighted by Crippen LogP contribution is 2.48. The maximum absolute atomic E-state index is 6.18. The van der Waals surface area contributed by atoms with Crippen molar-refractivity contribution in [3.8, 4) is 33.4 Å². The summed E-state index contributed by atoms with van der Waals surface area (Å²) in [7, 11) is 0. The van der Waals surface area contributed by atoms with Gasteiger partial charge in [0.1, 0.15) is 11.2 Å². The Labute approximate surface area is 339 Å². The number of hydrogen-bond donors (Lipinski definition) is 0. The fourth-order valence-electron chi connectivity index (χ4n) is 9.72. The lowest BCUT2D eigenvalue weighted by Gasteiger charge is -2.31. The molecule has 278 valence electrons. The van der Waals surface area contributed by atoms with Gasteiger partial charge < -0.3 is 9.32 Å². The van der Waals surface area contributed by atoms with Crippen LogP contribution < -0.4 is 4.90 Å². The molecule has 0 atom stereocenters. The highest BCUT2D eigenvalue weighted by atomic mass is 16.3. The number of fused-ring (bicyclic) bond motifs is 5. The van der Waals surface area contributed by atoms with E-state index in [-0.39, 0.29) is 0 Å². The Kier molecular flexibility index (Phi) is 8.62. The summed E-state index contributed by atoms with van der Waals surface area (Å²) >= 11 is 0. The summed E-state index contributed by atoms with van der Waals surface area (Å²) in [6.07, 6.45) is 6.48. The normalized spacial score (nSPS) is 13.4. The molecule has 1 heterocycles. The van der Waals surface area contributed by atoms with Crippen molar-refractivity contribution in [2.75, 3.05) is 4.90 Å². The van der Waals surface area contributed by atoms with E-state index in [1.807, 2.05) is 12.1 Å². The Hall–Kier alpha value is -6.90. The second-order valence-electron chi connectivity index (χ2n) is 15.8. The van der Waals surface area contributed by atoms with Gasteiger partial charge >= 0.3 is 0 Å². The minimum atomic E-state index is 0.584. The topological polar surface area (TPSA) is 16.4 Å². The van der Waals surface area contributed by atoms with E-state index in [4.69, 9.17) is 4.42 Å². The molecule has 11 rings (SSSR count). The van der Waals surface area contributed by atoms with Crippen LogP contribution in [0.1, 0.15) is 43.6 Å². The second kappa shape index (κ2) is 14.6. The van der Waals surface area contributed by atoms with Gasteiger partial charge in [-0.05, 0) is 111 Å². The van der Waals surface area contributed by atoms with Crippen LogP contribution in [0.4, 0.5) is 17.1 Å². The van der Waals surface area contributed by atoms with Crippen molar-refractivity contribution >= 4 is 60.5 Å². The SMILES string of the molecule is c1ccc(N(c2ccc(-c3ccc4oc5ccccc5c4c3)cc2)c2ccccc2-c2cccc3cccc(C4CCCCC4)c23)c(-c2cccc3ccccc23)c1. The zero-order chi connectivity index (χ0) is 38.4. The highest BCUT2D eigenvalue weighted by molar-refractivity contribution is 6.07. The molecule has 1 aliphatic carbocycles. The first-order valence-corrected chi connectivity index (χ1v) is 20.8. The van der Waals surface area contributed by atoms with Crippen LogP contribution >= 0.6 is 0 Å². The number of anilines is 3. The van der Waals surface area contributed by atoms with Gasteiger partial charge in [0.25, 0.3) is 0 Å². The van der Waals surface area contributed by atoms with Crippen LogP contribution in [-0.4, -0.2) is 0 Å². The largest absolute Gasteiger partial charge is 0.456 e. The zero-order valence-corrected chi connectivity index (χ0v) is 32.4. The van der Waals surface area contributed by atoms with Crippen molar-refractivity contribution in [1.29, 1.82) is 0 Å². The van der Waals surface area contributed by atoms with E-state index in [1.165, 1.54) is 87.0 Å². The predicted octanol–water partition coefficient (Wildman–Crippen LogP) is 16.4. The van der Waals surface area contributed by atoms with Crippen LogP contribution in [0.2, 0.25) is 0 Å². The predicted molar refractivity (Wildman–Crippen MR) is 246 cm³/mol. The molecular weight excluding hydrogens is 703 g/mol. The van der Waals surface area contributed by atoms with E-state index < -0.39 is 0 Å². The van der Waals surface area contributed by atoms with E-state index in [9.17, 15) is 0 Å². The molecule has 1 saturated carbocycles. The molecule has 2 heteroatoms. The van der Waals surface area contributed by atoms with E-state index in [0.717, 1.165) is 44.6 Å². The first kappa shape index (κ1) is 34.4. The lowest BCUT2D eigenvalue weighted by molar-refractivity contribution is 0.445. The average molecular weight is 746 g/mol. The molecular formula is C56H43NO. The van der Waals surface area contributed by atoms with Crippen molar-refractivity contribution in [3.63, 3.8) is 0 Å². The fourth-order valence-corrected chi connectivity index (χ4v) is 9.72. The smallest absolute Gasteiger partial charge is 0.135 e. The van der Waals surface area contributed by atoms with Crippen LogP contribution in [0.25, 0.3) is 76.9 Å². The maximum atomic E-state index is 6.18. The lowest BCUT2D eigenvalue weighted by atomic mass is 9.80. The maximum Gasteiger partial charge on any atom is 0.135 e. The number of hydrogen-bond acceptors (Lipinski definition) is 2. The average Bonchev–Trinajstić information content (AvgIpc) is 3.67. The lowest BCUT2D eigenvalue weighted by Crippen LogP contribution is -2.12. The second-order valence-corrected chi connectivity index (χ2v) is 15.8. The molecule has 0 aliphatic heterocycles. The fraction of sp³-hybridized carbons (Fsp3) is 0.107. The van der Waals surface area contributed by atoms with Gasteiger partial charge in [-0.1, -0.05) is 171 Å². The Morgan fingerprint density at radius 1 is 0.397 bits per heavy atom. The van der Waals surface area contributed by atoms with Crippen molar-refractivity contribution in [3.05, 3.63) is 200 Å².